The largest absolute Gasteiger partial charge is 0.485 e. The van der Waals surface area contributed by atoms with Crippen molar-refractivity contribution in [3.05, 3.63) is 9.62 Å². The summed E-state index contributed by atoms with van der Waals surface area (Å²) in [5.74, 6) is 0. The molecule has 0 spiro atoms. The van der Waals surface area contributed by atoms with Crippen LogP contribution in [0.4, 0.5) is 0 Å². The van der Waals surface area contributed by atoms with Gasteiger partial charge in [-0.25, -0.2) is 4.98 Å². The van der Waals surface area contributed by atoms with E-state index >= 15 is 0 Å². The predicted octanol–water partition coefficient (Wildman–Crippen LogP) is 2.46. The van der Waals surface area contributed by atoms with Crippen LogP contribution in [-0.2, 0) is 0 Å². The number of ether oxygens (including phenoxy) is 1. The highest BCUT2D eigenvalue weighted by Gasteiger charge is 2.05. The number of hydrogen-bond donors (Lipinski definition) is 0. The Labute approximate surface area is 66.4 Å². The van der Waals surface area contributed by atoms with Gasteiger partial charge in [0.15, 0.2) is 9.62 Å². The van der Waals surface area contributed by atoms with Crippen molar-refractivity contribution >= 4 is 34.5 Å². The van der Waals surface area contributed by atoms with Gasteiger partial charge in [0.1, 0.15) is 0 Å². The molecule has 1 rings (SSSR count). The number of thiazole rings is 1. The van der Waals surface area contributed by atoms with E-state index < -0.39 is 0 Å². The van der Waals surface area contributed by atoms with Crippen LogP contribution in [0.3, 0.4) is 0 Å². The topological polar surface area (TPSA) is 22.1 Å². The number of halogens is 2. The monoisotopic (exact) mass is 183 g/mol. The van der Waals surface area contributed by atoms with E-state index in [-0.39, 0.29) is 0 Å². The molecular weight excluding hydrogens is 181 g/mol. The second kappa shape index (κ2) is 2.73. The molecule has 1 aromatic rings. The minimum absolute atomic E-state index is 0.326. The van der Waals surface area contributed by atoms with Crippen molar-refractivity contribution in [2.45, 2.75) is 0 Å². The summed E-state index contributed by atoms with van der Waals surface area (Å²) < 4.78 is 5.21. The van der Waals surface area contributed by atoms with E-state index in [4.69, 9.17) is 27.9 Å². The van der Waals surface area contributed by atoms with Gasteiger partial charge in [0.05, 0.1) is 7.11 Å². The average molecular weight is 184 g/mol. The van der Waals surface area contributed by atoms with Crippen molar-refractivity contribution in [2.75, 3.05) is 7.11 Å². The van der Waals surface area contributed by atoms with E-state index in [9.17, 15) is 0 Å². The molecule has 0 bridgehead atoms. The Hall–Kier alpha value is 0.01000. The van der Waals surface area contributed by atoms with Crippen molar-refractivity contribution in [1.82, 2.24) is 4.98 Å². The Balaban J connectivity index is 3.01. The molecule has 0 aliphatic rings. The zero-order chi connectivity index (χ0) is 6.85. The second-order valence-corrected chi connectivity index (χ2v) is 3.15. The van der Waals surface area contributed by atoms with Gasteiger partial charge in [-0.3, -0.25) is 0 Å². The molecule has 0 atom stereocenters. The summed E-state index contributed by atoms with van der Waals surface area (Å²) in [6.07, 6.45) is 0. The lowest BCUT2D eigenvalue weighted by atomic mass is 10.9. The number of methoxy groups -OCH3 is 1. The molecule has 0 amide bonds. The first-order valence-corrected chi connectivity index (χ1v) is 3.67. The molecule has 1 aromatic heterocycles. The normalized spacial score (nSPS) is 9.67. The summed E-state index contributed by atoms with van der Waals surface area (Å²) in [4.78, 5) is 3.71. The molecule has 2 nitrogen and oxygen atoms in total. The molecule has 1 heterocycles. The zero-order valence-electron chi connectivity index (χ0n) is 4.52. The highest BCUT2D eigenvalue weighted by Crippen LogP contribution is 2.33. The van der Waals surface area contributed by atoms with Crippen LogP contribution in [0, 0.1) is 0 Å². The van der Waals surface area contributed by atoms with Crippen LogP contribution in [0.2, 0.25) is 9.62 Å². The molecule has 50 valence electrons. The quantitative estimate of drug-likeness (QED) is 0.668. The molecule has 0 fully saturated rings. The molecule has 0 saturated carbocycles. The van der Waals surface area contributed by atoms with E-state index in [0.717, 1.165) is 0 Å². The van der Waals surface area contributed by atoms with Crippen LogP contribution in [0.1, 0.15) is 0 Å². The molecule has 5 heteroatoms. The van der Waals surface area contributed by atoms with Gasteiger partial charge in [0, 0.05) is 0 Å². The van der Waals surface area contributed by atoms with Gasteiger partial charge in [-0.2, -0.15) is 0 Å². The third-order valence-corrected chi connectivity index (χ3v) is 2.21. The van der Waals surface area contributed by atoms with Crippen LogP contribution >= 0.6 is 34.5 Å². The molecule has 0 N–H and O–H groups in total. The summed E-state index contributed by atoms with van der Waals surface area (Å²) in [6, 6.07) is 0. The molecule has 0 radical (unpaired) electrons. The molecule has 0 aliphatic heterocycles. The lowest BCUT2D eigenvalue weighted by Gasteiger charge is -1.88. The molecule has 0 aliphatic carbocycles. The maximum Gasteiger partial charge on any atom is 0.214 e. The summed E-state index contributed by atoms with van der Waals surface area (Å²) in [5.41, 5.74) is 0. The fourth-order valence-corrected chi connectivity index (χ4v) is 1.56. The highest BCUT2D eigenvalue weighted by molar-refractivity contribution is 7.17. The second-order valence-electron chi connectivity index (χ2n) is 1.25. The van der Waals surface area contributed by atoms with E-state index in [1.807, 2.05) is 0 Å². The van der Waals surface area contributed by atoms with Crippen LogP contribution in [0.5, 0.6) is 5.06 Å². The first-order valence-electron chi connectivity index (χ1n) is 2.10. The SMILES string of the molecule is COc1sc(Cl)nc1Cl. The van der Waals surface area contributed by atoms with Crippen LogP contribution in [-0.4, -0.2) is 12.1 Å². The minimum atomic E-state index is 0.326. The van der Waals surface area contributed by atoms with E-state index in [2.05, 4.69) is 4.98 Å². The Morgan fingerprint density at radius 2 is 2.22 bits per heavy atom. The summed E-state index contributed by atoms with van der Waals surface area (Å²) in [6.45, 7) is 0. The maximum atomic E-state index is 5.54. The van der Waals surface area contributed by atoms with Gasteiger partial charge in [-0.05, 0) is 0 Å². The molecule has 9 heavy (non-hydrogen) atoms. The molecule has 0 saturated heterocycles. The highest BCUT2D eigenvalue weighted by atomic mass is 35.5. The third-order valence-electron chi connectivity index (χ3n) is 0.717. The average Bonchev–Trinajstić information content (AvgIpc) is 2.10. The van der Waals surface area contributed by atoms with Crippen molar-refractivity contribution in [3.8, 4) is 5.06 Å². The fraction of sp³-hybridized carbons (Fsp3) is 0.250. The Morgan fingerprint density at radius 1 is 1.56 bits per heavy atom. The lowest BCUT2D eigenvalue weighted by Crippen LogP contribution is -1.76. The Bertz CT molecular complexity index is 212. The first kappa shape index (κ1) is 7.12. The minimum Gasteiger partial charge on any atom is -0.485 e. The van der Waals surface area contributed by atoms with Crippen molar-refractivity contribution in [2.24, 2.45) is 0 Å². The van der Waals surface area contributed by atoms with Gasteiger partial charge in [0.25, 0.3) is 0 Å². The van der Waals surface area contributed by atoms with E-state index in [1.165, 1.54) is 18.4 Å². The molecule has 0 unspecified atom stereocenters. The van der Waals surface area contributed by atoms with Crippen LogP contribution < -0.4 is 4.74 Å². The fourth-order valence-electron chi connectivity index (χ4n) is 0.390. The van der Waals surface area contributed by atoms with Gasteiger partial charge < -0.3 is 4.74 Å². The summed E-state index contributed by atoms with van der Waals surface area (Å²) in [7, 11) is 1.52. The zero-order valence-corrected chi connectivity index (χ0v) is 6.85. The van der Waals surface area contributed by atoms with Gasteiger partial charge >= 0.3 is 0 Å². The van der Waals surface area contributed by atoms with Gasteiger partial charge in [-0.1, -0.05) is 34.5 Å². The Morgan fingerprint density at radius 3 is 2.44 bits per heavy atom. The predicted molar refractivity (Wildman–Crippen MR) is 38.7 cm³/mol. The third kappa shape index (κ3) is 1.47. The summed E-state index contributed by atoms with van der Waals surface area (Å²) in [5, 5.41) is 0.883. The number of rotatable bonds is 1. The van der Waals surface area contributed by atoms with Gasteiger partial charge in [-0.15, -0.1) is 0 Å². The van der Waals surface area contributed by atoms with Crippen molar-refractivity contribution < 1.29 is 4.74 Å². The Kier molecular flexibility index (Phi) is 2.16. The smallest absolute Gasteiger partial charge is 0.214 e. The standard InChI is InChI=1S/C4H3Cl2NOS/c1-8-3-2(5)7-4(6)9-3/h1H3. The van der Waals surface area contributed by atoms with E-state index in [0.29, 0.717) is 14.7 Å². The summed E-state index contributed by atoms with van der Waals surface area (Å²) >= 11 is 12.2. The van der Waals surface area contributed by atoms with Crippen molar-refractivity contribution in [3.63, 3.8) is 0 Å². The van der Waals surface area contributed by atoms with Crippen LogP contribution in [0.15, 0.2) is 0 Å². The first-order chi connectivity index (χ1) is 4.24. The lowest BCUT2D eigenvalue weighted by molar-refractivity contribution is 0.426. The number of hydrogen-bond acceptors (Lipinski definition) is 3. The number of nitrogens with zero attached hydrogens (tertiary/aromatic N) is 1. The van der Waals surface area contributed by atoms with E-state index in [1.54, 1.807) is 0 Å². The van der Waals surface area contributed by atoms with Crippen molar-refractivity contribution in [1.29, 1.82) is 0 Å². The number of aromatic nitrogens is 1. The molecular formula is C4H3Cl2NOS. The van der Waals surface area contributed by atoms with Crippen LogP contribution in [0.25, 0.3) is 0 Å². The van der Waals surface area contributed by atoms with Gasteiger partial charge in [0.2, 0.25) is 5.06 Å². The molecule has 0 aromatic carbocycles. The maximum absolute atomic E-state index is 5.54.